The highest BCUT2D eigenvalue weighted by Gasteiger charge is 2.26. The summed E-state index contributed by atoms with van der Waals surface area (Å²) in [5.74, 6) is 0.839. The second kappa shape index (κ2) is 9.37. The molecule has 1 saturated heterocycles. The molecule has 0 N–H and O–H groups in total. The molecule has 2 aromatic carbocycles. The first-order valence-electron chi connectivity index (χ1n) is 9.45. The van der Waals surface area contributed by atoms with Crippen LogP contribution in [0.3, 0.4) is 0 Å². The van der Waals surface area contributed by atoms with E-state index in [9.17, 15) is 9.59 Å². The predicted octanol–water partition coefficient (Wildman–Crippen LogP) is 2.62. The van der Waals surface area contributed by atoms with E-state index in [-0.39, 0.29) is 5.91 Å². The van der Waals surface area contributed by atoms with Gasteiger partial charge in [0.25, 0.3) is 5.91 Å². The molecule has 2 aromatic rings. The van der Waals surface area contributed by atoms with Gasteiger partial charge in [0.1, 0.15) is 6.29 Å². The van der Waals surface area contributed by atoms with E-state index in [2.05, 4.69) is 17.0 Å². The smallest absolute Gasteiger partial charge is 0.263 e. The van der Waals surface area contributed by atoms with Crippen molar-refractivity contribution in [1.29, 1.82) is 0 Å². The summed E-state index contributed by atoms with van der Waals surface area (Å²) < 4.78 is 11.1. The summed E-state index contributed by atoms with van der Waals surface area (Å²) in [5.41, 5.74) is 1.76. The van der Waals surface area contributed by atoms with Crippen molar-refractivity contribution in [2.45, 2.75) is 19.6 Å². The van der Waals surface area contributed by atoms with Crippen LogP contribution in [0.25, 0.3) is 0 Å². The summed E-state index contributed by atoms with van der Waals surface area (Å²) in [4.78, 5) is 28.0. The van der Waals surface area contributed by atoms with Crippen LogP contribution in [0.1, 0.15) is 22.8 Å². The van der Waals surface area contributed by atoms with E-state index in [0.29, 0.717) is 30.2 Å². The van der Waals surface area contributed by atoms with E-state index in [1.807, 2.05) is 23.1 Å². The molecule has 1 atom stereocenters. The van der Waals surface area contributed by atoms with Crippen molar-refractivity contribution >= 4 is 12.2 Å². The van der Waals surface area contributed by atoms with Gasteiger partial charge in [0.2, 0.25) is 0 Å². The molecule has 1 fully saturated rings. The number of nitrogens with zero attached hydrogens (tertiary/aromatic N) is 2. The van der Waals surface area contributed by atoms with Gasteiger partial charge in [0, 0.05) is 38.3 Å². The van der Waals surface area contributed by atoms with Crippen LogP contribution in [0.15, 0.2) is 48.5 Å². The Balaban J connectivity index is 1.55. The van der Waals surface area contributed by atoms with Crippen molar-refractivity contribution < 1.29 is 19.1 Å². The molecule has 0 aliphatic carbocycles. The fourth-order valence-electron chi connectivity index (χ4n) is 3.32. The predicted molar refractivity (Wildman–Crippen MR) is 107 cm³/mol. The zero-order valence-electron chi connectivity index (χ0n) is 16.3. The number of carbonyl (C=O) groups excluding carboxylic acids is 2. The number of carbonyl (C=O) groups is 2. The Morgan fingerprint density at radius 2 is 1.79 bits per heavy atom. The minimum atomic E-state index is -0.656. The molecule has 1 aliphatic rings. The van der Waals surface area contributed by atoms with E-state index in [1.165, 1.54) is 12.7 Å². The highest BCUT2D eigenvalue weighted by molar-refractivity contribution is 5.81. The van der Waals surface area contributed by atoms with Gasteiger partial charge in [-0.25, -0.2) is 0 Å². The van der Waals surface area contributed by atoms with Crippen LogP contribution in [-0.2, 0) is 11.3 Å². The minimum absolute atomic E-state index is 0.0575. The molecule has 3 rings (SSSR count). The summed E-state index contributed by atoms with van der Waals surface area (Å²) in [6, 6.07) is 15.2. The SMILES string of the molecule is COc1ccc(C=O)cc1O[C@@H](C)C(=O)N1CCN(Cc2ccccc2)CC1. The summed E-state index contributed by atoms with van der Waals surface area (Å²) >= 11 is 0. The molecule has 28 heavy (non-hydrogen) atoms. The molecule has 6 heteroatoms. The first kappa shape index (κ1) is 19.9. The lowest BCUT2D eigenvalue weighted by atomic mass is 10.2. The van der Waals surface area contributed by atoms with Crippen LogP contribution in [0, 0.1) is 0 Å². The van der Waals surface area contributed by atoms with E-state index < -0.39 is 6.10 Å². The Labute approximate surface area is 165 Å². The average molecular weight is 382 g/mol. The topological polar surface area (TPSA) is 59.1 Å². The number of hydrogen-bond donors (Lipinski definition) is 0. The van der Waals surface area contributed by atoms with Crippen LogP contribution >= 0.6 is 0 Å². The molecular weight excluding hydrogens is 356 g/mol. The molecular formula is C22H26N2O4. The van der Waals surface area contributed by atoms with Gasteiger partial charge in [0.05, 0.1) is 7.11 Å². The maximum Gasteiger partial charge on any atom is 0.263 e. The van der Waals surface area contributed by atoms with Crippen LogP contribution < -0.4 is 9.47 Å². The minimum Gasteiger partial charge on any atom is -0.493 e. The highest BCUT2D eigenvalue weighted by Crippen LogP contribution is 2.29. The van der Waals surface area contributed by atoms with Gasteiger partial charge >= 0.3 is 0 Å². The van der Waals surface area contributed by atoms with Gasteiger partial charge in [-0.05, 0) is 30.7 Å². The molecule has 0 unspecified atom stereocenters. The van der Waals surface area contributed by atoms with Crippen LogP contribution in [0.5, 0.6) is 11.5 Å². The summed E-state index contributed by atoms with van der Waals surface area (Å²) in [5, 5.41) is 0. The van der Waals surface area contributed by atoms with Gasteiger partial charge < -0.3 is 14.4 Å². The highest BCUT2D eigenvalue weighted by atomic mass is 16.5. The van der Waals surface area contributed by atoms with Crippen molar-refractivity contribution in [2.24, 2.45) is 0 Å². The lowest BCUT2D eigenvalue weighted by molar-refractivity contribution is -0.139. The quantitative estimate of drug-likeness (QED) is 0.689. The lowest BCUT2D eigenvalue weighted by Gasteiger charge is -2.36. The van der Waals surface area contributed by atoms with E-state index in [0.717, 1.165) is 25.9 Å². The Morgan fingerprint density at radius 3 is 2.43 bits per heavy atom. The van der Waals surface area contributed by atoms with Gasteiger partial charge in [0.15, 0.2) is 17.6 Å². The van der Waals surface area contributed by atoms with Crippen molar-refractivity contribution in [3.05, 3.63) is 59.7 Å². The Kier molecular flexibility index (Phi) is 6.66. The molecule has 1 amide bonds. The number of methoxy groups -OCH3 is 1. The summed E-state index contributed by atoms with van der Waals surface area (Å²) in [7, 11) is 1.53. The van der Waals surface area contributed by atoms with E-state index in [4.69, 9.17) is 9.47 Å². The zero-order chi connectivity index (χ0) is 19.9. The third kappa shape index (κ3) is 4.89. The molecule has 1 heterocycles. The molecule has 6 nitrogen and oxygen atoms in total. The molecule has 0 bridgehead atoms. The third-order valence-electron chi connectivity index (χ3n) is 4.91. The number of aldehydes is 1. The fraction of sp³-hybridized carbons (Fsp3) is 0.364. The van der Waals surface area contributed by atoms with Crippen molar-refractivity contribution in [3.63, 3.8) is 0 Å². The molecule has 1 aliphatic heterocycles. The van der Waals surface area contributed by atoms with Gasteiger partial charge in [-0.3, -0.25) is 14.5 Å². The summed E-state index contributed by atoms with van der Waals surface area (Å²) in [6.07, 6.45) is 0.0848. The van der Waals surface area contributed by atoms with Crippen molar-refractivity contribution in [2.75, 3.05) is 33.3 Å². The molecule has 0 saturated carbocycles. The van der Waals surface area contributed by atoms with Gasteiger partial charge in [-0.1, -0.05) is 30.3 Å². The lowest BCUT2D eigenvalue weighted by Crippen LogP contribution is -2.51. The Bertz CT molecular complexity index is 801. The first-order valence-corrected chi connectivity index (χ1v) is 9.45. The van der Waals surface area contributed by atoms with Crippen LogP contribution in [0.4, 0.5) is 0 Å². The Hall–Kier alpha value is -2.86. The van der Waals surface area contributed by atoms with Gasteiger partial charge in [-0.2, -0.15) is 0 Å². The molecule has 0 spiro atoms. The maximum absolute atomic E-state index is 12.8. The third-order valence-corrected chi connectivity index (χ3v) is 4.91. The number of ether oxygens (including phenoxy) is 2. The number of benzene rings is 2. The van der Waals surface area contributed by atoms with Gasteiger partial charge in [-0.15, -0.1) is 0 Å². The Morgan fingerprint density at radius 1 is 1.07 bits per heavy atom. The summed E-state index contributed by atoms with van der Waals surface area (Å²) in [6.45, 7) is 5.63. The van der Waals surface area contributed by atoms with E-state index >= 15 is 0 Å². The zero-order valence-corrected chi connectivity index (χ0v) is 16.3. The number of hydrogen-bond acceptors (Lipinski definition) is 5. The van der Waals surface area contributed by atoms with Crippen LogP contribution in [-0.4, -0.2) is 61.4 Å². The molecule has 0 radical (unpaired) electrons. The average Bonchev–Trinajstić information content (AvgIpc) is 2.74. The molecule has 0 aromatic heterocycles. The first-order chi connectivity index (χ1) is 13.6. The maximum atomic E-state index is 12.8. The second-order valence-corrected chi connectivity index (χ2v) is 6.88. The fourth-order valence-corrected chi connectivity index (χ4v) is 3.32. The monoisotopic (exact) mass is 382 g/mol. The number of amides is 1. The normalized spacial score (nSPS) is 15.7. The second-order valence-electron chi connectivity index (χ2n) is 6.88. The van der Waals surface area contributed by atoms with Crippen molar-refractivity contribution in [1.82, 2.24) is 9.80 Å². The largest absolute Gasteiger partial charge is 0.493 e. The van der Waals surface area contributed by atoms with Crippen LogP contribution in [0.2, 0.25) is 0 Å². The number of piperazine rings is 1. The standard InChI is InChI=1S/C22H26N2O4/c1-17(28-21-14-19(16-25)8-9-20(21)27-2)22(26)24-12-10-23(11-13-24)15-18-6-4-3-5-7-18/h3-9,14,16-17H,10-13,15H2,1-2H3/t17-/m0/s1. The van der Waals surface area contributed by atoms with Crippen molar-refractivity contribution in [3.8, 4) is 11.5 Å². The number of rotatable bonds is 7. The van der Waals surface area contributed by atoms with E-state index in [1.54, 1.807) is 25.1 Å². The molecule has 148 valence electrons.